The molecule has 1 aromatic rings. The van der Waals surface area contributed by atoms with Crippen LogP contribution in [0.4, 0.5) is 4.39 Å². The van der Waals surface area contributed by atoms with Gasteiger partial charge in [-0.15, -0.1) is 0 Å². The third kappa shape index (κ3) is 3.15. The number of benzene rings is 1. The van der Waals surface area contributed by atoms with Gasteiger partial charge in [-0.05, 0) is 49.9 Å². The molecule has 0 aromatic heterocycles. The van der Waals surface area contributed by atoms with Crippen LogP contribution in [-0.2, 0) is 6.42 Å². The normalized spacial score (nSPS) is 10.4. The summed E-state index contributed by atoms with van der Waals surface area (Å²) in [5.74, 6) is -0.106. The van der Waals surface area contributed by atoms with Gasteiger partial charge in [0.25, 0.3) is 0 Å². The van der Waals surface area contributed by atoms with Crippen molar-refractivity contribution in [2.45, 2.75) is 26.2 Å². The summed E-state index contributed by atoms with van der Waals surface area (Å²) in [6, 6.07) is 5.42. The van der Waals surface area contributed by atoms with Crippen LogP contribution in [0.5, 0.6) is 0 Å². The van der Waals surface area contributed by atoms with Crippen molar-refractivity contribution in [1.82, 2.24) is 0 Å². The summed E-state index contributed by atoms with van der Waals surface area (Å²) in [6.45, 7) is 2.49. The number of rotatable bonds is 4. The number of hydrogen-bond donors (Lipinski definition) is 1. The second-order valence-electron chi connectivity index (χ2n) is 3.33. The fourth-order valence-corrected chi connectivity index (χ4v) is 1.27. The molecule has 0 unspecified atom stereocenters. The van der Waals surface area contributed by atoms with Crippen LogP contribution in [0.25, 0.3) is 0 Å². The van der Waals surface area contributed by atoms with Crippen LogP contribution >= 0.6 is 0 Å². The molecule has 0 fully saturated rings. The van der Waals surface area contributed by atoms with E-state index in [4.69, 9.17) is 5.73 Å². The molecule has 0 saturated heterocycles. The minimum absolute atomic E-state index is 0.106. The first-order valence-electron chi connectivity index (χ1n) is 4.69. The van der Waals surface area contributed by atoms with E-state index in [9.17, 15) is 4.39 Å². The molecule has 0 aliphatic carbocycles. The summed E-state index contributed by atoms with van der Waals surface area (Å²) in [5, 5.41) is 0. The predicted octanol–water partition coefficient (Wildman–Crippen LogP) is 2.42. The Morgan fingerprint density at radius 2 is 2.08 bits per heavy atom. The highest BCUT2D eigenvalue weighted by molar-refractivity contribution is 5.23. The number of nitrogens with two attached hydrogens (primary N) is 1. The van der Waals surface area contributed by atoms with Crippen molar-refractivity contribution in [1.29, 1.82) is 0 Å². The molecule has 2 N–H and O–H groups in total. The van der Waals surface area contributed by atoms with Gasteiger partial charge in [0.05, 0.1) is 0 Å². The zero-order valence-corrected chi connectivity index (χ0v) is 8.02. The summed E-state index contributed by atoms with van der Waals surface area (Å²) >= 11 is 0. The number of aryl methyl sites for hydroxylation is 2. The molecule has 13 heavy (non-hydrogen) atoms. The van der Waals surface area contributed by atoms with Crippen LogP contribution in [0.1, 0.15) is 24.0 Å². The van der Waals surface area contributed by atoms with Crippen LogP contribution in [-0.4, -0.2) is 6.54 Å². The number of hydrogen-bond acceptors (Lipinski definition) is 1. The van der Waals surface area contributed by atoms with E-state index in [0.717, 1.165) is 24.8 Å². The van der Waals surface area contributed by atoms with Gasteiger partial charge in [-0.25, -0.2) is 4.39 Å². The maximum absolute atomic E-state index is 13.1. The van der Waals surface area contributed by atoms with Gasteiger partial charge in [0, 0.05) is 0 Å². The van der Waals surface area contributed by atoms with Gasteiger partial charge in [0.2, 0.25) is 0 Å². The van der Waals surface area contributed by atoms with E-state index in [1.165, 1.54) is 0 Å². The zero-order chi connectivity index (χ0) is 9.68. The van der Waals surface area contributed by atoms with E-state index in [2.05, 4.69) is 0 Å². The third-order valence-electron chi connectivity index (χ3n) is 2.16. The van der Waals surface area contributed by atoms with Crippen LogP contribution in [0.3, 0.4) is 0 Å². The highest BCUT2D eigenvalue weighted by Crippen LogP contribution is 2.11. The van der Waals surface area contributed by atoms with Crippen molar-refractivity contribution in [3.63, 3.8) is 0 Å². The Kier molecular flexibility index (Phi) is 3.90. The Morgan fingerprint density at radius 3 is 2.69 bits per heavy atom. The van der Waals surface area contributed by atoms with Crippen LogP contribution in [0.15, 0.2) is 18.2 Å². The molecule has 0 aliphatic heterocycles. The lowest BCUT2D eigenvalue weighted by Gasteiger charge is -2.02. The zero-order valence-electron chi connectivity index (χ0n) is 8.02. The monoisotopic (exact) mass is 181 g/mol. The smallest absolute Gasteiger partial charge is 0.126 e. The standard InChI is InChI=1S/C11H16FN/c1-9-5-6-10(8-11(9)12)4-2-3-7-13/h5-6,8H,2-4,7,13H2,1H3. The molecule has 2 heteroatoms. The van der Waals surface area contributed by atoms with Crippen molar-refractivity contribution in [2.24, 2.45) is 5.73 Å². The fourth-order valence-electron chi connectivity index (χ4n) is 1.27. The van der Waals surface area contributed by atoms with Crippen molar-refractivity contribution in [3.8, 4) is 0 Å². The first-order valence-corrected chi connectivity index (χ1v) is 4.69. The first-order chi connectivity index (χ1) is 6.24. The molecule has 1 aromatic carbocycles. The average molecular weight is 181 g/mol. The summed E-state index contributed by atoms with van der Waals surface area (Å²) in [6.07, 6.45) is 2.98. The molecule has 0 aliphatic rings. The lowest BCUT2D eigenvalue weighted by molar-refractivity contribution is 0.614. The van der Waals surface area contributed by atoms with Gasteiger partial charge in [-0.3, -0.25) is 0 Å². The summed E-state index contributed by atoms with van der Waals surface area (Å²) in [5.41, 5.74) is 7.15. The topological polar surface area (TPSA) is 26.0 Å². The summed E-state index contributed by atoms with van der Waals surface area (Å²) in [7, 11) is 0. The molecule has 0 spiro atoms. The summed E-state index contributed by atoms with van der Waals surface area (Å²) in [4.78, 5) is 0. The second kappa shape index (κ2) is 4.97. The molecule has 1 rings (SSSR count). The van der Waals surface area contributed by atoms with Gasteiger partial charge < -0.3 is 5.73 Å². The Balaban J connectivity index is 2.53. The molecule has 0 amide bonds. The van der Waals surface area contributed by atoms with Crippen molar-refractivity contribution in [2.75, 3.05) is 6.54 Å². The van der Waals surface area contributed by atoms with Gasteiger partial charge in [-0.2, -0.15) is 0 Å². The highest BCUT2D eigenvalue weighted by atomic mass is 19.1. The molecular weight excluding hydrogens is 165 g/mol. The van der Waals surface area contributed by atoms with Crippen LogP contribution < -0.4 is 5.73 Å². The van der Waals surface area contributed by atoms with Crippen molar-refractivity contribution >= 4 is 0 Å². The van der Waals surface area contributed by atoms with E-state index in [1.807, 2.05) is 12.1 Å². The van der Waals surface area contributed by atoms with E-state index in [0.29, 0.717) is 12.1 Å². The van der Waals surface area contributed by atoms with Gasteiger partial charge in [0.15, 0.2) is 0 Å². The quantitative estimate of drug-likeness (QED) is 0.709. The average Bonchev–Trinajstić information content (AvgIpc) is 2.12. The lowest BCUT2D eigenvalue weighted by Crippen LogP contribution is -1.99. The Bertz CT molecular complexity index is 271. The molecule has 0 heterocycles. The molecule has 1 nitrogen and oxygen atoms in total. The second-order valence-corrected chi connectivity index (χ2v) is 3.33. The van der Waals surface area contributed by atoms with Crippen molar-refractivity contribution < 1.29 is 4.39 Å². The molecule has 0 radical (unpaired) electrons. The van der Waals surface area contributed by atoms with Gasteiger partial charge >= 0.3 is 0 Å². The molecule has 72 valence electrons. The van der Waals surface area contributed by atoms with Crippen LogP contribution in [0.2, 0.25) is 0 Å². The van der Waals surface area contributed by atoms with E-state index >= 15 is 0 Å². The maximum Gasteiger partial charge on any atom is 0.126 e. The maximum atomic E-state index is 13.1. The highest BCUT2D eigenvalue weighted by Gasteiger charge is 1.98. The SMILES string of the molecule is Cc1ccc(CCCCN)cc1F. The Hall–Kier alpha value is -0.890. The molecule has 0 bridgehead atoms. The third-order valence-corrected chi connectivity index (χ3v) is 2.16. The van der Waals surface area contributed by atoms with Crippen molar-refractivity contribution in [3.05, 3.63) is 35.1 Å². The minimum atomic E-state index is -0.106. The Morgan fingerprint density at radius 1 is 1.31 bits per heavy atom. The Labute approximate surface area is 78.8 Å². The largest absolute Gasteiger partial charge is 0.330 e. The number of halogens is 1. The lowest BCUT2D eigenvalue weighted by atomic mass is 10.1. The van der Waals surface area contributed by atoms with E-state index in [1.54, 1.807) is 13.0 Å². The molecular formula is C11H16FN. The van der Waals surface area contributed by atoms with E-state index in [-0.39, 0.29) is 5.82 Å². The van der Waals surface area contributed by atoms with E-state index < -0.39 is 0 Å². The number of unbranched alkanes of at least 4 members (excludes halogenated alkanes) is 1. The minimum Gasteiger partial charge on any atom is -0.330 e. The van der Waals surface area contributed by atoms with Crippen LogP contribution in [0, 0.1) is 12.7 Å². The van der Waals surface area contributed by atoms with Gasteiger partial charge in [-0.1, -0.05) is 12.1 Å². The molecule has 0 atom stereocenters. The summed E-state index contributed by atoms with van der Waals surface area (Å²) < 4.78 is 13.1. The fraction of sp³-hybridized carbons (Fsp3) is 0.455. The van der Waals surface area contributed by atoms with Gasteiger partial charge in [0.1, 0.15) is 5.82 Å². The molecule has 0 saturated carbocycles. The first kappa shape index (κ1) is 10.2. The predicted molar refractivity (Wildman–Crippen MR) is 53.1 cm³/mol.